The first-order chi connectivity index (χ1) is 8.78. The predicted octanol–water partition coefficient (Wildman–Crippen LogP) is -2.70. The van der Waals surface area contributed by atoms with Gasteiger partial charge in [-0.15, -0.1) is 32.2 Å². The van der Waals surface area contributed by atoms with Crippen LogP contribution in [0.25, 0.3) is 0 Å². The van der Waals surface area contributed by atoms with Gasteiger partial charge in [0.2, 0.25) is 0 Å². The molecule has 6 nitrogen and oxygen atoms in total. The Bertz CT molecular complexity index is 151. The molecule has 0 saturated carbocycles. The fourth-order valence-corrected chi connectivity index (χ4v) is 0.286. The second-order valence-electron chi connectivity index (χ2n) is 2.52. The summed E-state index contributed by atoms with van der Waals surface area (Å²) in [6, 6.07) is 0. The molecule has 0 bridgehead atoms. The van der Waals surface area contributed by atoms with Crippen LogP contribution in [0.1, 0.15) is 41.5 Å². The van der Waals surface area contributed by atoms with Crippen LogP contribution < -0.4 is 25.5 Å². The van der Waals surface area contributed by atoms with E-state index in [-0.39, 0.29) is 60.4 Å². The average Bonchev–Trinajstić information content (AvgIpc) is 2.19. The molecule has 0 aromatic rings. The van der Waals surface area contributed by atoms with Gasteiger partial charge in [0, 0.05) is 0 Å². The first-order valence-electron chi connectivity index (χ1n) is 5.97. The summed E-state index contributed by atoms with van der Waals surface area (Å²) >= 11 is 0. The third-order valence-corrected chi connectivity index (χ3v) is 0.407. The van der Waals surface area contributed by atoms with E-state index in [2.05, 4.69) is 0 Å². The van der Waals surface area contributed by atoms with Crippen molar-refractivity contribution in [1.29, 1.82) is 0 Å². The van der Waals surface area contributed by atoms with Crippen LogP contribution in [0, 0.1) is 0 Å². The van der Waals surface area contributed by atoms with Crippen LogP contribution in [0.2, 0.25) is 0 Å². The quantitative estimate of drug-likeness (QED) is 0.309. The van der Waals surface area contributed by atoms with E-state index in [1.165, 1.54) is 13.8 Å². The molecule has 0 aliphatic rings. The van der Waals surface area contributed by atoms with E-state index in [1.54, 1.807) is 27.7 Å². The Labute approximate surface area is 138 Å². The molecular weight excluding hydrogens is 433 g/mol. The molecule has 20 heavy (non-hydrogen) atoms. The standard InChI is InChI=1S/C5H8O2.4C2H5O.Ta/c1-4(6)3-5(2)7;4*1-2-3;/h3,6H,1-2H3;4*2H2,1H3;/q;4*-1;+5/p-1/b4-3-;;;;;. The minimum atomic E-state index is -0.187. The third-order valence-electron chi connectivity index (χ3n) is 0.407. The molecule has 0 unspecified atom stereocenters. The molecule has 0 aromatic heterocycles. The second kappa shape index (κ2) is 51.1. The minimum absolute atomic E-state index is 0. The summed E-state index contributed by atoms with van der Waals surface area (Å²) in [4.78, 5) is 9.98. The maximum absolute atomic E-state index is 9.98. The Hall–Kier alpha value is -0.210. The summed E-state index contributed by atoms with van der Waals surface area (Å²) < 4.78 is 0. The van der Waals surface area contributed by atoms with E-state index in [0.29, 0.717) is 0 Å². The SMILES string of the molecule is CC(=O)/C=C(/C)[O-].CC[O-].CC[O-].CC[O-].CC[O-].[Ta+5]. The number of hydrogen-bond acceptors (Lipinski definition) is 6. The van der Waals surface area contributed by atoms with Crippen molar-refractivity contribution in [2.45, 2.75) is 41.5 Å². The molecule has 0 aromatic carbocycles. The average molecular weight is 460 g/mol. The van der Waals surface area contributed by atoms with Crippen LogP contribution in [-0.2, 0) is 27.2 Å². The van der Waals surface area contributed by atoms with E-state index in [1.807, 2.05) is 0 Å². The molecule has 0 radical (unpaired) electrons. The van der Waals surface area contributed by atoms with Crippen LogP contribution >= 0.6 is 0 Å². The Balaban J connectivity index is -0.0000000326. The fourth-order valence-electron chi connectivity index (χ4n) is 0.286. The third kappa shape index (κ3) is 349. The number of carbonyl (C=O) groups excluding carboxylic acids is 1. The van der Waals surface area contributed by atoms with Crippen LogP contribution in [0.4, 0.5) is 0 Å². The monoisotopic (exact) mass is 460 g/mol. The number of hydrogen-bond donors (Lipinski definition) is 0. The van der Waals surface area contributed by atoms with Crippen molar-refractivity contribution in [2.24, 2.45) is 0 Å². The van der Waals surface area contributed by atoms with Gasteiger partial charge >= 0.3 is 22.4 Å². The first-order valence-corrected chi connectivity index (χ1v) is 5.97. The van der Waals surface area contributed by atoms with Gasteiger partial charge in [0.05, 0.1) is 0 Å². The second-order valence-corrected chi connectivity index (χ2v) is 2.52. The first kappa shape index (κ1) is 36.7. The zero-order valence-corrected chi connectivity index (χ0v) is 16.5. The zero-order chi connectivity index (χ0) is 16.7. The molecule has 0 aliphatic heterocycles. The summed E-state index contributed by atoms with van der Waals surface area (Å²) in [5.74, 6) is -0.375. The van der Waals surface area contributed by atoms with E-state index in [0.717, 1.165) is 6.08 Å². The molecule has 7 heteroatoms. The molecule has 0 spiro atoms. The zero-order valence-electron chi connectivity index (χ0n) is 13.3. The Kier molecular flexibility index (Phi) is 93.8. The van der Waals surface area contributed by atoms with Gasteiger partial charge in [0.1, 0.15) is 0 Å². The molecule has 0 saturated heterocycles. The van der Waals surface area contributed by atoms with E-state index >= 15 is 0 Å². The van der Waals surface area contributed by atoms with Crippen molar-refractivity contribution in [2.75, 3.05) is 26.4 Å². The topological polar surface area (TPSA) is 132 Å². The number of carbonyl (C=O) groups is 1. The van der Waals surface area contributed by atoms with Crippen LogP contribution in [-0.4, -0.2) is 32.2 Å². The maximum atomic E-state index is 9.98. The van der Waals surface area contributed by atoms with Gasteiger partial charge < -0.3 is 25.5 Å². The maximum Gasteiger partial charge on any atom is 5.00 e. The molecule has 0 atom stereocenters. The predicted molar refractivity (Wildman–Crippen MR) is 66.6 cm³/mol. The van der Waals surface area contributed by atoms with E-state index in [9.17, 15) is 9.90 Å². The van der Waals surface area contributed by atoms with E-state index in [4.69, 9.17) is 20.4 Å². The Morgan fingerprint density at radius 3 is 0.950 bits per heavy atom. The number of allylic oxidation sites excluding steroid dienone is 2. The van der Waals surface area contributed by atoms with Crippen LogP contribution in [0.3, 0.4) is 0 Å². The summed E-state index contributed by atoms with van der Waals surface area (Å²) in [6.07, 6.45) is 1.06. The molecule has 0 N–H and O–H groups in total. The molecule has 0 heterocycles. The van der Waals surface area contributed by atoms with Crippen molar-refractivity contribution < 1.29 is 52.7 Å². The Morgan fingerprint density at radius 2 is 0.950 bits per heavy atom. The van der Waals surface area contributed by atoms with Gasteiger partial charge in [-0.3, -0.25) is 4.79 Å². The summed E-state index contributed by atoms with van der Waals surface area (Å²) in [5, 5.41) is 45.7. The van der Waals surface area contributed by atoms with Crippen molar-refractivity contribution in [3.8, 4) is 0 Å². The molecule has 0 amide bonds. The van der Waals surface area contributed by atoms with Gasteiger partial charge in [0.15, 0.2) is 5.78 Å². The molecule has 0 aliphatic carbocycles. The van der Waals surface area contributed by atoms with Gasteiger partial charge in [-0.05, 0) is 13.0 Å². The van der Waals surface area contributed by atoms with Crippen LogP contribution in [0.15, 0.2) is 11.8 Å². The van der Waals surface area contributed by atoms with Crippen LogP contribution in [0.5, 0.6) is 0 Å². The fraction of sp³-hybridized carbons (Fsp3) is 0.769. The number of rotatable bonds is 1. The van der Waals surface area contributed by atoms with Crippen molar-refractivity contribution in [3.63, 3.8) is 0 Å². The smallest absolute Gasteiger partial charge is 0.876 e. The largest absolute Gasteiger partial charge is 5.00 e. The summed E-state index contributed by atoms with van der Waals surface area (Å²) in [6.45, 7) is 8.98. The van der Waals surface area contributed by atoms with E-state index < -0.39 is 0 Å². The molecule has 0 rings (SSSR count). The molecule has 120 valence electrons. The minimum Gasteiger partial charge on any atom is -0.876 e. The summed E-state index contributed by atoms with van der Waals surface area (Å²) in [7, 11) is 0. The van der Waals surface area contributed by atoms with Gasteiger partial charge in [-0.25, -0.2) is 0 Å². The van der Waals surface area contributed by atoms with Crippen molar-refractivity contribution >= 4 is 5.78 Å². The Morgan fingerprint density at radius 1 is 0.800 bits per heavy atom. The normalized spacial score (nSPS) is 7.60. The summed E-state index contributed by atoms with van der Waals surface area (Å²) in [5.41, 5.74) is 0. The van der Waals surface area contributed by atoms with Gasteiger partial charge in [-0.2, -0.15) is 0 Å². The van der Waals surface area contributed by atoms with Crippen molar-refractivity contribution in [1.82, 2.24) is 0 Å². The molecule has 0 fully saturated rings. The number of ketones is 1. The van der Waals surface area contributed by atoms with Gasteiger partial charge in [0.25, 0.3) is 0 Å². The van der Waals surface area contributed by atoms with Crippen molar-refractivity contribution in [3.05, 3.63) is 11.8 Å². The van der Waals surface area contributed by atoms with Gasteiger partial charge in [-0.1, -0.05) is 34.6 Å². The molecular formula is C13H27O6Ta.